The summed E-state index contributed by atoms with van der Waals surface area (Å²) in [6.07, 6.45) is 0. The van der Waals surface area contributed by atoms with Gasteiger partial charge in [-0.2, -0.15) is 8.78 Å². The summed E-state index contributed by atoms with van der Waals surface area (Å²) in [5, 5.41) is 6.37. The molecule has 4 aromatic rings. The summed E-state index contributed by atoms with van der Waals surface area (Å²) >= 11 is 1.11. The van der Waals surface area contributed by atoms with Crippen LogP contribution in [0, 0.1) is 11.6 Å². The van der Waals surface area contributed by atoms with E-state index in [0.29, 0.717) is 11.0 Å². The van der Waals surface area contributed by atoms with Crippen LogP contribution in [0.4, 0.5) is 17.6 Å². The molecule has 0 aliphatic carbocycles. The van der Waals surface area contributed by atoms with E-state index < -0.39 is 23.4 Å². The molecule has 0 unspecified atom stereocenters. The van der Waals surface area contributed by atoms with E-state index in [2.05, 4.69) is 20.2 Å². The van der Waals surface area contributed by atoms with Crippen molar-refractivity contribution in [2.24, 2.45) is 0 Å². The predicted molar refractivity (Wildman–Crippen MR) is 97.0 cm³/mol. The first kappa shape index (κ1) is 18.5. The van der Waals surface area contributed by atoms with E-state index in [-0.39, 0.29) is 22.4 Å². The second-order valence-corrected chi connectivity index (χ2v) is 7.30. The quantitative estimate of drug-likeness (QED) is 0.358. The van der Waals surface area contributed by atoms with E-state index in [0.717, 1.165) is 34.5 Å². The molecule has 144 valence electrons. The van der Waals surface area contributed by atoms with Gasteiger partial charge in [0.15, 0.2) is 5.82 Å². The molecule has 0 fully saturated rings. The maximum absolute atomic E-state index is 13.6. The van der Waals surface area contributed by atoms with Crippen LogP contribution < -0.4 is 0 Å². The van der Waals surface area contributed by atoms with Gasteiger partial charge in [0, 0.05) is 11.6 Å². The van der Waals surface area contributed by atoms with Gasteiger partial charge in [-0.25, -0.2) is 18.7 Å². The highest BCUT2D eigenvalue weighted by atomic mass is 32.2. The lowest BCUT2D eigenvalue weighted by atomic mass is 10.2. The number of benzene rings is 2. The Labute approximate surface area is 160 Å². The normalized spacial score (nSPS) is 12.8. The van der Waals surface area contributed by atoms with Gasteiger partial charge in [0.2, 0.25) is 5.16 Å². The second kappa shape index (κ2) is 7.27. The Kier molecular flexibility index (Phi) is 4.80. The average Bonchev–Trinajstić information content (AvgIpc) is 3.25. The number of para-hydroxylation sites is 2. The van der Waals surface area contributed by atoms with E-state index in [4.69, 9.17) is 0 Å². The Bertz CT molecular complexity index is 1120. The van der Waals surface area contributed by atoms with Crippen LogP contribution in [0.2, 0.25) is 0 Å². The molecule has 28 heavy (non-hydrogen) atoms. The van der Waals surface area contributed by atoms with Gasteiger partial charge in [-0.3, -0.25) is 9.67 Å². The molecule has 2 heterocycles. The van der Waals surface area contributed by atoms with Crippen molar-refractivity contribution in [3.8, 4) is 11.4 Å². The first-order valence-electron chi connectivity index (χ1n) is 8.23. The van der Waals surface area contributed by atoms with Crippen LogP contribution in [0.15, 0.2) is 47.6 Å². The van der Waals surface area contributed by atoms with Gasteiger partial charge in [-0.05, 0) is 31.2 Å². The van der Waals surface area contributed by atoms with Crippen LogP contribution >= 0.6 is 11.8 Å². The highest BCUT2D eigenvalue weighted by molar-refractivity contribution is 7.99. The fourth-order valence-electron chi connectivity index (χ4n) is 2.88. The maximum Gasteiger partial charge on any atom is 0.320 e. The minimum Gasteiger partial charge on any atom is -0.269 e. The van der Waals surface area contributed by atoms with Crippen LogP contribution in [0.25, 0.3) is 22.4 Å². The second-order valence-electron chi connectivity index (χ2n) is 5.99. The number of H-pyrrole nitrogens is 1. The van der Waals surface area contributed by atoms with Gasteiger partial charge < -0.3 is 0 Å². The molecule has 0 spiro atoms. The van der Waals surface area contributed by atoms with Crippen molar-refractivity contribution in [3.63, 3.8) is 0 Å². The van der Waals surface area contributed by atoms with Gasteiger partial charge >= 0.3 is 6.55 Å². The van der Waals surface area contributed by atoms with E-state index >= 15 is 0 Å². The maximum atomic E-state index is 13.6. The van der Waals surface area contributed by atoms with Crippen LogP contribution in [0.5, 0.6) is 0 Å². The monoisotopic (exact) mass is 407 g/mol. The van der Waals surface area contributed by atoms with Crippen LogP contribution in [-0.4, -0.2) is 24.7 Å². The number of imidazole rings is 1. The smallest absolute Gasteiger partial charge is 0.269 e. The van der Waals surface area contributed by atoms with Crippen molar-refractivity contribution in [1.82, 2.24) is 24.7 Å². The van der Waals surface area contributed by atoms with E-state index in [1.165, 1.54) is 0 Å². The number of nitrogens with zero attached hydrogens (tertiary/aromatic N) is 4. The molecule has 5 nitrogen and oxygen atoms in total. The Hall–Kier alpha value is -2.88. The number of fused-ring (bicyclic) bond motifs is 1. The number of halogens is 4. The summed E-state index contributed by atoms with van der Waals surface area (Å²) in [4.78, 5) is 8.51. The molecule has 2 aromatic carbocycles. The summed E-state index contributed by atoms with van der Waals surface area (Å²) in [6.45, 7) is -1.04. The molecular weight excluding hydrogens is 394 g/mol. The zero-order chi connectivity index (χ0) is 19.8. The van der Waals surface area contributed by atoms with Crippen molar-refractivity contribution in [2.45, 2.75) is 23.9 Å². The highest BCUT2D eigenvalue weighted by Crippen LogP contribution is 2.36. The van der Waals surface area contributed by atoms with Gasteiger partial charge in [-0.15, -0.1) is 5.10 Å². The molecule has 1 N–H and O–H groups in total. The van der Waals surface area contributed by atoms with Crippen LogP contribution in [-0.2, 0) is 0 Å². The van der Waals surface area contributed by atoms with Gasteiger partial charge in [0.1, 0.15) is 17.5 Å². The molecule has 0 bridgehead atoms. The number of thioether (sulfide) groups is 1. The summed E-state index contributed by atoms with van der Waals surface area (Å²) in [5.41, 5.74) is 1.01. The molecule has 2 aromatic heterocycles. The zero-order valence-corrected chi connectivity index (χ0v) is 15.2. The molecule has 0 amide bonds. The number of aromatic nitrogens is 5. The van der Waals surface area contributed by atoms with Crippen molar-refractivity contribution in [2.75, 3.05) is 0 Å². The van der Waals surface area contributed by atoms with Gasteiger partial charge in [0.05, 0.1) is 16.3 Å². The average molecular weight is 407 g/mol. The molecule has 0 saturated heterocycles. The summed E-state index contributed by atoms with van der Waals surface area (Å²) in [6, 6.07) is 9.65. The lowest BCUT2D eigenvalue weighted by molar-refractivity contribution is 0.0715. The Morgan fingerprint density at radius 3 is 2.46 bits per heavy atom. The first-order chi connectivity index (χ1) is 13.4. The SMILES string of the molecule is C[C@@H](Sc1n[nH]c(-c2cc(F)cc(F)c2)n1)c1nc2ccccc2n1C(F)F. The Morgan fingerprint density at radius 2 is 1.75 bits per heavy atom. The van der Waals surface area contributed by atoms with Crippen molar-refractivity contribution in [3.05, 3.63) is 59.9 Å². The van der Waals surface area contributed by atoms with Gasteiger partial charge in [-0.1, -0.05) is 23.9 Å². The molecular formula is C18H13F4N5S. The summed E-state index contributed by atoms with van der Waals surface area (Å²) < 4.78 is 54.8. The molecule has 4 rings (SSSR count). The van der Waals surface area contributed by atoms with Gasteiger partial charge in [0.25, 0.3) is 0 Å². The summed E-state index contributed by atoms with van der Waals surface area (Å²) in [5.74, 6) is -1.11. The number of hydrogen-bond donors (Lipinski definition) is 1. The third-order valence-electron chi connectivity index (χ3n) is 4.06. The minimum atomic E-state index is -2.75. The zero-order valence-electron chi connectivity index (χ0n) is 14.4. The molecule has 10 heteroatoms. The highest BCUT2D eigenvalue weighted by Gasteiger charge is 2.23. The molecule has 1 atom stereocenters. The number of nitrogens with one attached hydrogen (secondary N) is 1. The molecule has 0 aliphatic rings. The van der Waals surface area contributed by atoms with Crippen LogP contribution in [0.3, 0.4) is 0 Å². The molecule has 0 radical (unpaired) electrons. The standard InChI is InChI=1S/C18H13F4N5S/c1-9(16-23-13-4-2-3-5-14(13)27(16)17(21)22)28-18-24-15(25-26-18)10-6-11(19)8-12(20)7-10/h2-9,17H,1H3,(H,24,25,26)/t9-/m1/s1. The number of alkyl halides is 2. The molecule has 0 saturated carbocycles. The van der Waals surface area contributed by atoms with E-state index in [9.17, 15) is 17.6 Å². The third-order valence-corrected chi connectivity index (χ3v) is 5.02. The van der Waals surface area contributed by atoms with Crippen molar-refractivity contribution < 1.29 is 17.6 Å². The number of hydrogen-bond acceptors (Lipinski definition) is 4. The third kappa shape index (κ3) is 3.47. The fourth-order valence-corrected chi connectivity index (χ4v) is 3.71. The van der Waals surface area contributed by atoms with Crippen molar-refractivity contribution >= 4 is 22.8 Å². The summed E-state index contributed by atoms with van der Waals surface area (Å²) in [7, 11) is 0. The first-order valence-corrected chi connectivity index (χ1v) is 9.11. The van der Waals surface area contributed by atoms with Crippen LogP contribution in [0.1, 0.15) is 24.5 Å². The molecule has 0 aliphatic heterocycles. The Balaban J connectivity index is 1.63. The van der Waals surface area contributed by atoms with Crippen molar-refractivity contribution in [1.29, 1.82) is 0 Å². The lowest BCUT2D eigenvalue weighted by Gasteiger charge is -2.12. The predicted octanol–water partition coefficient (Wildman–Crippen LogP) is 5.35. The Morgan fingerprint density at radius 1 is 1.04 bits per heavy atom. The van der Waals surface area contributed by atoms with E-state index in [1.807, 2.05) is 0 Å². The largest absolute Gasteiger partial charge is 0.320 e. The lowest BCUT2D eigenvalue weighted by Crippen LogP contribution is -2.06. The number of rotatable bonds is 5. The fraction of sp³-hybridized carbons (Fsp3) is 0.167. The number of aromatic amines is 1. The minimum absolute atomic E-state index is 0.176. The topological polar surface area (TPSA) is 59.4 Å². The van der Waals surface area contributed by atoms with E-state index in [1.54, 1.807) is 31.2 Å².